The zero-order chi connectivity index (χ0) is 18.4. The number of para-hydroxylation sites is 1. The summed E-state index contributed by atoms with van der Waals surface area (Å²) in [5.74, 6) is 0.697. The van der Waals surface area contributed by atoms with E-state index in [4.69, 9.17) is 21.1 Å². The second-order valence-corrected chi connectivity index (χ2v) is 7.03. The molecule has 26 heavy (non-hydrogen) atoms. The Hall–Kier alpha value is -2.04. The van der Waals surface area contributed by atoms with Crippen molar-refractivity contribution in [2.45, 2.75) is 32.4 Å². The van der Waals surface area contributed by atoms with Gasteiger partial charge < -0.3 is 14.4 Å². The summed E-state index contributed by atoms with van der Waals surface area (Å²) in [5, 5.41) is 0.689. The molecule has 5 heteroatoms. The van der Waals surface area contributed by atoms with E-state index in [1.54, 1.807) is 0 Å². The molecule has 1 saturated heterocycles. The summed E-state index contributed by atoms with van der Waals surface area (Å²) in [6.45, 7) is 3.86. The minimum atomic E-state index is -0.0429. The fraction of sp³-hybridized carbons (Fsp3) is 0.381. The number of aryl methyl sites for hydroxylation is 1. The molecule has 0 aliphatic carbocycles. The van der Waals surface area contributed by atoms with E-state index in [0.717, 1.165) is 36.3 Å². The average molecular weight is 374 g/mol. The van der Waals surface area contributed by atoms with Gasteiger partial charge in [-0.25, -0.2) is 0 Å². The van der Waals surface area contributed by atoms with Gasteiger partial charge in [0.05, 0.1) is 6.10 Å². The molecule has 2 aromatic rings. The normalized spacial score (nSPS) is 16.5. The zero-order valence-electron chi connectivity index (χ0n) is 15.0. The summed E-state index contributed by atoms with van der Waals surface area (Å²) < 4.78 is 11.5. The van der Waals surface area contributed by atoms with Crippen LogP contribution in [0, 0.1) is 6.92 Å². The van der Waals surface area contributed by atoms with E-state index in [1.807, 2.05) is 60.4 Å². The van der Waals surface area contributed by atoms with E-state index in [1.165, 1.54) is 0 Å². The molecule has 1 aliphatic heterocycles. The molecule has 1 amide bonds. The minimum Gasteiger partial charge on any atom is -0.484 e. The van der Waals surface area contributed by atoms with E-state index >= 15 is 0 Å². The quantitative estimate of drug-likeness (QED) is 0.728. The third-order valence-corrected chi connectivity index (χ3v) is 4.78. The Morgan fingerprint density at radius 2 is 2.00 bits per heavy atom. The lowest BCUT2D eigenvalue weighted by atomic mass is 10.2. The standard InChI is InChI=1S/C21H24ClNO3/c1-16-5-2-3-7-20(16)26-15-21(24)23(14-19-6-4-12-25-19)13-17-8-10-18(22)11-9-17/h2-3,5,7-11,19H,4,6,12-15H2,1H3/t19-/m0/s1. The van der Waals surface area contributed by atoms with Crippen molar-refractivity contribution in [2.75, 3.05) is 19.8 Å². The highest BCUT2D eigenvalue weighted by Crippen LogP contribution is 2.19. The fourth-order valence-electron chi connectivity index (χ4n) is 3.05. The van der Waals surface area contributed by atoms with Gasteiger partial charge >= 0.3 is 0 Å². The topological polar surface area (TPSA) is 38.8 Å². The van der Waals surface area contributed by atoms with Gasteiger partial charge in [0.2, 0.25) is 0 Å². The largest absolute Gasteiger partial charge is 0.484 e. The monoisotopic (exact) mass is 373 g/mol. The van der Waals surface area contributed by atoms with Gasteiger partial charge in [0.1, 0.15) is 5.75 Å². The lowest BCUT2D eigenvalue weighted by Gasteiger charge is -2.26. The summed E-state index contributed by atoms with van der Waals surface area (Å²) in [6.07, 6.45) is 2.14. The first-order chi connectivity index (χ1) is 12.6. The Bertz CT molecular complexity index is 726. The van der Waals surface area contributed by atoms with Gasteiger partial charge in [-0.05, 0) is 49.1 Å². The number of halogens is 1. The van der Waals surface area contributed by atoms with E-state index in [9.17, 15) is 4.79 Å². The van der Waals surface area contributed by atoms with E-state index < -0.39 is 0 Å². The molecule has 1 heterocycles. The first-order valence-corrected chi connectivity index (χ1v) is 9.32. The highest BCUT2D eigenvalue weighted by atomic mass is 35.5. The summed E-state index contributed by atoms with van der Waals surface area (Å²) in [4.78, 5) is 14.6. The molecule has 0 aromatic heterocycles. The summed E-state index contributed by atoms with van der Waals surface area (Å²) in [5.41, 5.74) is 2.06. The maximum Gasteiger partial charge on any atom is 0.260 e. The Morgan fingerprint density at radius 1 is 1.23 bits per heavy atom. The summed E-state index contributed by atoms with van der Waals surface area (Å²) in [7, 11) is 0. The van der Waals surface area contributed by atoms with Crippen LogP contribution in [0.1, 0.15) is 24.0 Å². The molecule has 0 N–H and O–H groups in total. The van der Waals surface area contributed by atoms with Gasteiger partial charge in [0.15, 0.2) is 6.61 Å². The summed E-state index contributed by atoms with van der Waals surface area (Å²) in [6, 6.07) is 15.3. The molecule has 0 bridgehead atoms. The minimum absolute atomic E-state index is 0.0190. The van der Waals surface area contributed by atoms with Crippen LogP contribution in [0.2, 0.25) is 5.02 Å². The first-order valence-electron chi connectivity index (χ1n) is 8.94. The molecule has 0 spiro atoms. The van der Waals surface area contributed by atoms with Gasteiger partial charge in [0.25, 0.3) is 5.91 Å². The van der Waals surface area contributed by atoms with Crippen molar-refractivity contribution < 1.29 is 14.3 Å². The third kappa shape index (κ3) is 5.23. The smallest absolute Gasteiger partial charge is 0.260 e. The van der Waals surface area contributed by atoms with Crippen LogP contribution in [0.5, 0.6) is 5.75 Å². The molecule has 138 valence electrons. The first kappa shape index (κ1) is 18.7. The zero-order valence-corrected chi connectivity index (χ0v) is 15.7. The van der Waals surface area contributed by atoms with Crippen molar-refractivity contribution >= 4 is 17.5 Å². The molecule has 0 unspecified atom stereocenters. The molecule has 0 saturated carbocycles. The maximum atomic E-state index is 12.8. The van der Waals surface area contributed by atoms with Gasteiger partial charge in [0, 0.05) is 24.7 Å². The summed E-state index contributed by atoms with van der Waals surface area (Å²) >= 11 is 5.96. The highest BCUT2D eigenvalue weighted by molar-refractivity contribution is 6.30. The van der Waals surface area contributed by atoms with Crippen LogP contribution in [-0.2, 0) is 16.1 Å². The number of nitrogens with zero attached hydrogens (tertiary/aromatic N) is 1. The molecular weight excluding hydrogens is 350 g/mol. The SMILES string of the molecule is Cc1ccccc1OCC(=O)N(Cc1ccc(Cl)cc1)C[C@@H]1CCCO1. The lowest BCUT2D eigenvalue weighted by molar-refractivity contribution is -0.135. The van der Waals surface area contributed by atoms with Crippen LogP contribution >= 0.6 is 11.6 Å². The van der Waals surface area contributed by atoms with Crippen molar-refractivity contribution in [1.29, 1.82) is 0 Å². The third-order valence-electron chi connectivity index (χ3n) is 4.53. The molecule has 1 fully saturated rings. The van der Waals surface area contributed by atoms with Crippen LogP contribution in [0.15, 0.2) is 48.5 Å². The van der Waals surface area contributed by atoms with Gasteiger partial charge in [-0.1, -0.05) is 41.9 Å². The molecule has 2 aromatic carbocycles. The second-order valence-electron chi connectivity index (χ2n) is 6.59. The predicted octanol–water partition coefficient (Wildman–Crippen LogP) is 4.24. The average Bonchev–Trinajstić information content (AvgIpc) is 3.15. The van der Waals surface area contributed by atoms with E-state index in [-0.39, 0.29) is 18.6 Å². The molecule has 0 radical (unpaired) electrons. The number of amides is 1. The Morgan fingerprint density at radius 3 is 2.69 bits per heavy atom. The predicted molar refractivity (Wildman–Crippen MR) is 103 cm³/mol. The molecule has 4 nitrogen and oxygen atoms in total. The molecule has 1 aliphatic rings. The van der Waals surface area contributed by atoms with Gasteiger partial charge in [-0.15, -0.1) is 0 Å². The molecular formula is C21H24ClNO3. The van der Waals surface area contributed by atoms with Crippen LogP contribution in [0.25, 0.3) is 0 Å². The van der Waals surface area contributed by atoms with E-state index in [2.05, 4.69) is 0 Å². The van der Waals surface area contributed by atoms with Crippen LogP contribution < -0.4 is 4.74 Å². The number of benzene rings is 2. The number of hydrogen-bond acceptors (Lipinski definition) is 3. The number of hydrogen-bond donors (Lipinski definition) is 0. The number of carbonyl (C=O) groups is 1. The Balaban J connectivity index is 1.65. The van der Waals surface area contributed by atoms with Crippen molar-refractivity contribution in [1.82, 2.24) is 4.90 Å². The Kier molecular flexibility index (Phi) is 6.53. The van der Waals surface area contributed by atoms with Crippen LogP contribution in [0.3, 0.4) is 0 Å². The number of rotatable bonds is 7. The van der Waals surface area contributed by atoms with Gasteiger partial charge in [-0.3, -0.25) is 4.79 Å². The van der Waals surface area contributed by atoms with Crippen molar-refractivity contribution in [3.05, 3.63) is 64.7 Å². The van der Waals surface area contributed by atoms with Crippen LogP contribution in [-0.4, -0.2) is 36.7 Å². The number of ether oxygens (including phenoxy) is 2. The highest BCUT2D eigenvalue weighted by Gasteiger charge is 2.23. The number of carbonyl (C=O) groups excluding carboxylic acids is 1. The fourth-order valence-corrected chi connectivity index (χ4v) is 3.17. The van der Waals surface area contributed by atoms with Crippen molar-refractivity contribution in [3.8, 4) is 5.75 Å². The maximum absolute atomic E-state index is 12.8. The second kappa shape index (κ2) is 9.06. The van der Waals surface area contributed by atoms with E-state index in [0.29, 0.717) is 18.1 Å². The van der Waals surface area contributed by atoms with Crippen molar-refractivity contribution in [2.24, 2.45) is 0 Å². The van der Waals surface area contributed by atoms with Crippen molar-refractivity contribution in [3.63, 3.8) is 0 Å². The van der Waals surface area contributed by atoms with Gasteiger partial charge in [-0.2, -0.15) is 0 Å². The molecule has 1 atom stereocenters. The Labute approximate surface area is 159 Å². The lowest BCUT2D eigenvalue weighted by Crippen LogP contribution is -2.39. The van der Waals surface area contributed by atoms with Crippen LogP contribution in [0.4, 0.5) is 0 Å². The molecule has 3 rings (SSSR count).